The number of hydrogen-bond donors (Lipinski definition) is 1. The van der Waals surface area contributed by atoms with Gasteiger partial charge in [-0.3, -0.25) is 4.68 Å². The smallest absolute Gasteiger partial charge is 0.0731 e. The van der Waals surface area contributed by atoms with Gasteiger partial charge >= 0.3 is 0 Å². The van der Waals surface area contributed by atoms with Crippen molar-refractivity contribution in [3.63, 3.8) is 0 Å². The van der Waals surface area contributed by atoms with E-state index in [2.05, 4.69) is 47.8 Å². The number of ether oxygens (including phenoxy) is 1. The van der Waals surface area contributed by atoms with Crippen LogP contribution in [0.2, 0.25) is 0 Å². The molecular formula is C17H23N3O. The Morgan fingerprint density at radius 3 is 2.90 bits per heavy atom. The fourth-order valence-corrected chi connectivity index (χ4v) is 3.10. The van der Waals surface area contributed by atoms with E-state index in [1.54, 1.807) is 7.11 Å². The molecule has 1 aliphatic rings. The number of anilines is 1. The van der Waals surface area contributed by atoms with Crippen molar-refractivity contribution >= 4 is 5.69 Å². The molecule has 112 valence electrons. The summed E-state index contributed by atoms with van der Waals surface area (Å²) in [6, 6.07) is 9.17. The van der Waals surface area contributed by atoms with Crippen LogP contribution in [0.25, 0.3) is 0 Å². The van der Waals surface area contributed by atoms with Crippen molar-refractivity contribution < 1.29 is 4.74 Å². The molecule has 0 saturated carbocycles. The van der Waals surface area contributed by atoms with Gasteiger partial charge in [-0.2, -0.15) is 5.10 Å². The van der Waals surface area contributed by atoms with Crippen LogP contribution in [0.4, 0.5) is 5.69 Å². The van der Waals surface area contributed by atoms with Crippen LogP contribution in [0.1, 0.15) is 42.9 Å². The number of methoxy groups -OCH3 is 1. The monoisotopic (exact) mass is 285 g/mol. The van der Waals surface area contributed by atoms with Gasteiger partial charge in [0.25, 0.3) is 0 Å². The van der Waals surface area contributed by atoms with Crippen molar-refractivity contribution in [2.75, 3.05) is 19.0 Å². The van der Waals surface area contributed by atoms with Crippen molar-refractivity contribution in [2.45, 2.75) is 38.3 Å². The molecule has 0 radical (unpaired) electrons. The summed E-state index contributed by atoms with van der Waals surface area (Å²) in [5.41, 5.74) is 3.99. The average molecular weight is 285 g/mol. The zero-order valence-corrected chi connectivity index (χ0v) is 12.7. The van der Waals surface area contributed by atoms with Crippen molar-refractivity contribution in [3.8, 4) is 0 Å². The lowest BCUT2D eigenvalue weighted by molar-refractivity contribution is 0.183. The second-order valence-corrected chi connectivity index (χ2v) is 5.79. The number of fused-ring (bicyclic) bond motifs is 1. The third-order valence-corrected chi connectivity index (χ3v) is 4.29. The predicted molar refractivity (Wildman–Crippen MR) is 84.6 cm³/mol. The molecule has 0 saturated heterocycles. The van der Waals surface area contributed by atoms with Crippen LogP contribution >= 0.6 is 0 Å². The van der Waals surface area contributed by atoms with Gasteiger partial charge in [0.1, 0.15) is 0 Å². The van der Waals surface area contributed by atoms with Crippen molar-refractivity contribution in [1.29, 1.82) is 0 Å². The quantitative estimate of drug-likeness (QED) is 0.912. The fourth-order valence-electron chi connectivity index (χ4n) is 3.10. The molecule has 2 aromatic rings. The molecule has 0 bridgehead atoms. The van der Waals surface area contributed by atoms with Crippen LogP contribution in [-0.4, -0.2) is 23.5 Å². The van der Waals surface area contributed by atoms with E-state index in [9.17, 15) is 0 Å². The summed E-state index contributed by atoms with van der Waals surface area (Å²) < 4.78 is 7.00. The molecule has 1 aromatic carbocycles. The van der Waals surface area contributed by atoms with E-state index in [1.807, 2.05) is 10.9 Å². The van der Waals surface area contributed by atoms with Gasteiger partial charge in [-0.05, 0) is 29.9 Å². The van der Waals surface area contributed by atoms with Crippen molar-refractivity contribution in [2.24, 2.45) is 0 Å². The molecule has 3 rings (SSSR count). The Morgan fingerprint density at radius 1 is 1.29 bits per heavy atom. The molecular weight excluding hydrogens is 262 g/mol. The molecule has 0 spiro atoms. The summed E-state index contributed by atoms with van der Waals surface area (Å²) in [6.07, 6.45) is 6.35. The van der Waals surface area contributed by atoms with Gasteiger partial charge in [0.15, 0.2) is 0 Å². The second-order valence-electron chi connectivity index (χ2n) is 5.79. The van der Waals surface area contributed by atoms with Gasteiger partial charge in [0, 0.05) is 13.3 Å². The zero-order chi connectivity index (χ0) is 14.7. The lowest BCUT2D eigenvalue weighted by Crippen LogP contribution is -2.19. The van der Waals surface area contributed by atoms with Crippen LogP contribution < -0.4 is 5.32 Å². The third-order valence-electron chi connectivity index (χ3n) is 4.29. The Hall–Kier alpha value is -1.81. The van der Waals surface area contributed by atoms with Crippen LogP contribution in [0.3, 0.4) is 0 Å². The van der Waals surface area contributed by atoms with E-state index < -0.39 is 0 Å². The highest BCUT2D eigenvalue weighted by Gasteiger charge is 2.24. The highest BCUT2D eigenvalue weighted by atomic mass is 16.5. The lowest BCUT2D eigenvalue weighted by Gasteiger charge is -2.30. The lowest BCUT2D eigenvalue weighted by atomic mass is 9.81. The molecule has 1 N–H and O–H groups in total. The second kappa shape index (κ2) is 6.31. The number of nitrogens with zero attached hydrogens (tertiary/aromatic N) is 2. The largest absolute Gasteiger partial charge is 0.383 e. The van der Waals surface area contributed by atoms with Crippen molar-refractivity contribution in [3.05, 3.63) is 47.8 Å². The van der Waals surface area contributed by atoms with E-state index in [0.29, 0.717) is 18.6 Å². The van der Waals surface area contributed by atoms with Gasteiger partial charge in [0.05, 0.1) is 31.1 Å². The highest BCUT2D eigenvalue weighted by molar-refractivity contribution is 5.45. The highest BCUT2D eigenvalue weighted by Crippen LogP contribution is 2.38. The van der Waals surface area contributed by atoms with E-state index >= 15 is 0 Å². The molecule has 2 atom stereocenters. The van der Waals surface area contributed by atoms with Crippen LogP contribution in [-0.2, 0) is 11.3 Å². The molecule has 4 heteroatoms. The number of hydrogen-bond acceptors (Lipinski definition) is 3. The van der Waals surface area contributed by atoms with E-state index in [4.69, 9.17) is 4.74 Å². The molecule has 4 nitrogen and oxygen atoms in total. The minimum Gasteiger partial charge on any atom is -0.383 e. The number of nitrogens with one attached hydrogen (secondary N) is 1. The summed E-state index contributed by atoms with van der Waals surface area (Å²) >= 11 is 0. The van der Waals surface area contributed by atoms with Crippen LogP contribution in [0.5, 0.6) is 0 Å². The maximum absolute atomic E-state index is 5.08. The Balaban J connectivity index is 1.73. The fraction of sp³-hybridized carbons (Fsp3) is 0.471. The van der Waals surface area contributed by atoms with E-state index in [1.165, 1.54) is 24.0 Å². The van der Waals surface area contributed by atoms with Crippen LogP contribution in [0.15, 0.2) is 36.7 Å². The Morgan fingerprint density at radius 2 is 2.10 bits per heavy atom. The predicted octanol–water partition coefficient (Wildman–Crippen LogP) is 3.58. The average Bonchev–Trinajstić information content (AvgIpc) is 2.96. The van der Waals surface area contributed by atoms with Gasteiger partial charge in [-0.1, -0.05) is 31.2 Å². The van der Waals surface area contributed by atoms with Gasteiger partial charge in [0.2, 0.25) is 0 Å². The topological polar surface area (TPSA) is 39.1 Å². The number of aromatic nitrogens is 2. The molecule has 1 aromatic heterocycles. The normalized spacial score (nSPS) is 21.0. The number of rotatable bonds is 5. The first kappa shape index (κ1) is 14.1. The Labute approximate surface area is 126 Å². The maximum Gasteiger partial charge on any atom is 0.0731 e. The molecule has 2 unspecified atom stereocenters. The molecule has 0 fully saturated rings. The first-order valence-corrected chi connectivity index (χ1v) is 7.64. The molecule has 0 aliphatic heterocycles. The summed E-state index contributed by atoms with van der Waals surface area (Å²) in [6.45, 7) is 3.79. The summed E-state index contributed by atoms with van der Waals surface area (Å²) in [7, 11) is 1.71. The Kier molecular flexibility index (Phi) is 4.25. The van der Waals surface area contributed by atoms with E-state index in [0.717, 1.165) is 12.2 Å². The zero-order valence-electron chi connectivity index (χ0n) is 12.7. The van der Waals surface area contributed by atoms with Gasteiger partial charge in [-0.15, -0.1) is 0 Å². The summed E-state index contributed by atoms with van der Waals surface area (Å²) in [5, 5.41) is 7.99. The number of benzene rings is 1. The third kappa shape index (κ3) is 3.10. The standard InChI is InChI=1S/C17H23N3O/c1-13-7-8-17(16-6-4-3-5-15(13)16)19-14-11-18-20(12-14)9-10-21-2/h3-6,11-13,17,19H,7-10H2,1-2H3. The maximum atomic E-state index is 5.08. The van der Waals surface area contributed by atoms with Crippen LogP contribution in [0, 0.1) is 0 Å². The molecule has 21 heavy (non-hydrogen) atoms. The minimum absolute atomic E-state index is 0.387. The van der Waals surface area contributed by atoms with Crippen molar-refractivity contribution in [1.82, 2.24) is 9.78 Å². The molecule has 0 amide bonds. The van der Waals surface area contributed by atoms with Gasteiger partial charge < -0.3 is 10.1 Å². The molecule has 1 heterocycles. The minimum atomic E-state index is 0.387. The first-order chi connectivity index (χ1) is 10.3. The van der Waals surface area contributed by atoms with E-state index in [-0.39, 0.29) is 0 Å². The summed E-state index contributed by atoms with van der Waals surface area (Å²) in [5.74, 6) is 0.656. The van der Waals surface area contributed by atoms with Gasteiger partial charge in [-0.25, -0.2) is 0 Å². The molecule has 1 aliphatic carbocycles. The SMILES string of the molecule is COCCn1cc(NC2CCC(C)c3ccccc32)cn1. The Bertz CT molecular complexity index is 593. The summed E-state index contributed by atoms with van der Waals surface area (Å²) in [4.78, 5) is 0. The first-order valence-electron chi connectivity index (χ1n) is 7.64.